The van der Waals surface area contributed by atoms with Crippen molar-refractivity contribution < 1.29 is 14.3 Å². The maximum Gasteiger partial charge on any atom is 0.227 e. The number of rotatable bonds is 6. The molecule has 0 aliphatic carbocycles. The van der Waals surface area contributed by atoms with Crippen LogP contribution in [0, 0.1) is 0 Å². The maximum absolute atomic E-state index is 12.5. The van der Waals surface area contributed by atoms with E-state index in [2.05, 4.69) is 0 Å². The summed E-state index contributed by atoms with van der Waals surface area (Å²) in [6.45, 7) is 2.95. The molecule has 2 amide bonds. The molecule has 1 saturated heterocycles. The average molecular weight is 369 g/mol. The Kier molecular flexibility index (Phi) is 6.52. The second-order valence-electron chi connectivity index (χ2n) is 6.89. The number of nitrogens with zero attached hydrogens (tertiary/aromatic N) is 3. The van der Waals surface area contributed by atoms with Gasteiger partial charge in [-0.2, -0.15) is 0 Å². The Labute approximate surface area is 160 Å². The number of para-hydroxylation sites is 1. The highest BCUT2D eigenvalue weighted by Gasteiger charge is 2.22. The van der Waals surface area contributed by atoms with E-state index in [1.165, 1.54) is 0 Å². The average Bonchev–Trinajstić information content (AvgIpc) is 2.93. The molecule has 1 aromatic carbocycles. The van der Waals surface area contributed by atoms with E-state index in [9.17, 15) is 9.59 Å². The van der Waals surface area contributed by atoms with E-state index in [1.54, 1.807) is 0 Å². The summed E-state index contributed by atoms with van der Waals surface area (Å²) < 4.78 is 7.56. The van der Waals surface area contributed by atoms with Crippen LogP contribution in [0.3, 0.4) is 0 Å². The van der Waals surface area contributed by atoms with Crippen molar-refractivity contribution in [2.45, 2.75) is 19.3 Å². The highest BCUT2D eigenvalue weighted by atomic mass is 16.5. The number of ether oxygens (including phenoxy) is 1. The maximum atomic E-state index is 12.5. The molecule has 1 aliphatic rings. The highest BCUT2D eigenvalue weighted by Crippen LogP contribution is 2.11. The summed E-state index contributed by atoms with van der Waals surface area (Å²) in [6.07, 6.45) is 5.50. The van der Waals surface area contributed by atoms with Gasteiger partial charge in [0.05, 0.1) is 19.4 Å². The van der Waals surface area contributed by atoms with E-state index in [0.29, 0.717) is 45.6 Å². The van der Waals surface area contributed by atoms with Gasteiger partial charge in [0.2, 0.25) is 11.8 Å². The number of aromatic nitrogens is 1. The minimum Gasteiger partial charge on any atom is -0.493 e. The largest absolute Gasteiger partial charge is 0.493 e. The third-order valence-electron chi connectivity index (χ3n) is 4.78. The van der Waals surface area contributed by atoms with Gasteiger partial charge in [0.25, 0.3) is 0 Å². The fraction of sp³-hybridized carbons (Fsp3) is 0.429. The zero-order chi connectivity index (χ0) is 19.1. The number of hydrogen-bond donors (Lipinski definition) is 0. The molecule has 2 aromatic rings. The van der Waals surface area contributed by atoms with Crippen LogP contribution >= 0.6 is 0 Å². The molecule has 2 heterocycles. The Balaban J connectivity index is 1.43. The summed E-state index contributed by atoms with van der Waals surface area (Å²) in [6, 6.07) is 11.5. The van der Waals surface area contributed by atoms with Gasteiger partial charge in [0.1, 0.15) is 5.75 Å². The van der Waals surface area contributed by atoms with Gasteiger partial charge < -0.3 is 19.1 Å². The molecule has 144 valence electrons. The molecule has 0 N–H and O–H groups in total. The topological polar surface area (TPSA) is 54.8 Å². The number of carbonyl (C=O) groups is 2. The molecular weight excluding hydrogens is 342 g/mol. The third kappa shape index (κ3) is 5.61. The zero-order valence-electron chi connectivity index (χ0n) is 15.8. The molecule has 1 aromatic heterocycles. The van der Waals surface area contributed by atoms with E-state index < -0.39 is 0 Å². The summed E-state index contributed by atoms with van der Waals surface area (Å²) in [7, 11) is 1.95. The quantitative estimate of drug-likeness (QED) is 0.784. The second kappa shape index (κ2) is 9.26. The van der Waals surface area contributed by atoms with Crippen LogP contribution in [0.4, 0.5) is 0 Å². The van der Waals surface area contributed by atoms with Crippen molar-refractivity contribution in [1.82, 2.24) is 14.4 Å². The summed E-state index contributed by atoms with van der Waals surface area (Å²) in [5.74, 6) is 0.991. The van der Waals surface area contributed by atoms with Crippen molar-refractivity contribution in [2.24, 2.45) is 7.05 Å². The van der Waals surface area contributed by atoms with Crippen molar-refractivity contribution in [3.63, 3.8) is 0 Å². The lowest BCUT2D eigenvalue weighted by Crippen LogP contribution is -2.38. The van der Waals surface area contributed by atoms with E-state index in [-0.39, 0.29) is 11.8 Å². The first-order valence-corrected chi connectivity index (χ1v) is 9.46. The van der Waals surface area contributed by atoms with Gasteiger partial charge >= 0.3 is 0 Å². The standard InChI is InChI=1S/C21H27N3O3/c1-22-12-8-18(17-22)16-21(26)24-11-5-10-23(13-14-24)20(25)9-15-27-19-6-3-2-4-7-19/h2-4,6-8,12,17H,5,9-11,13-16H2,1H3. The van der Waals surface area contributed by atoms with Gasteiger partial charge in [-0.3, -0.25) is 9.59 Å². The van der Waals surface area contributed by atoms with E-state index in [4.69, 9.17) is 4.74 Å². The Morgan fingerprint density at radius 3 is 2.33 bits per heavy atom. The van der Waals surface area contributed by atoms with Gasteiger partial charge in [-0.05, 0) is 30.2 Å². The van der Waals surface area contributed by atoms with E-state index >= 15 is 0 Å². The van der Waals surface area contributed by atoms with Crippen LogP contribution in [0.15, 0.2) is 48.8 Å². The van der Waals surface area contributed by atoms with Crippen LogP contribution in [0.25, 0.3) is 0 Å². The number of aryl methyl sites for hydroxylation is 1. The fourth-order valence-electron chi connectivity index (χ4n) is 3.30. The van der Waals surface area contributed by atoms with Gasteiger partial charge in [-0.25, -0.2) is 0 Å². The molecule has 27 heavy (non-hydrogen) atoms. The molecule has 0 radical (unpaired) electrons. The molecule has 0 atom stereocenters. The molecule has 0 spiro atoms. The first-order chi connectivity index (χ1) is 13.1. The zero-order valence-corrected chi connectivity index (χ0v) is 15.8. The van der Waals surface area contributed by atoms with Gasteiger partial charge in [0, 0.05) is 45.6 Å². The fourth-order valence-corrected chi connectivity index (χ4v) is 3.30. The lowest BCUT2D eigenvalue weighted by Gasteiger charge is -2.22. The number of amides is 2. The van der Waals surface area contributed by atoms with Crippen molar-refractivity contribution in [3.05, 3.63) is 54.4 Å². The molecule has 6 nitrogen and oxygen atoms in total. The number of carbonyl (C=O) groups excluding carboxylic acids is 2. The summed E-state index contributed by atoms with van der Waals surface area (Å²) in [5.41, 5.74) is 1.03. The highest BCUT2D eigenvalue weighted by molar-refractivity contribution is 5.79. The minimum absolute atomic E-state index is 0.0864. The van der Waals surface area contributed by atoms with E-state index in [0.717, 1.165) is 17.7 Å². The summed E-state index contributed by atoms with van der Waals surface area (Å²) in [4.78, 5) is 28.7. The SMILES string of the molecule is Cn1ccc(CC(=O)N2CCCN(C(=O)CCOc3ccccc3)CC2)c1. The van der Waals surface area contributed by atoms with Crippen molar-refractivity contribution in [3.8, 4) is 5.75 Å². The van der Waals surface area contributed by atoms with Crippen LogP contribution in [0.5, 0.6) is 5.75 Å². The monoisotopic (exact) mass is 369 g/mol. The molecule has 3 rings (SSSR count). The van der Waals surface area contributed by atoms with Crippen LogP contribution in [-0.4, -0.2) is 59.0 Å². The van der Waals surface area contributed by atoms with Crippen molar-refractivity contribution in [1.29, 1.82) is 0 Å². The molecule has 1 fully saturated rings. The van der Waals surface area contributed by atoms with Gasteiger partial charge in [-0.15, -0.1) is 0 Å². The number of hydrogen-bond acceptors (Lipinski definition) is 3. The third-order valence-corrected chi connectivity index (χ3v) is 4.78. The van der Waals surface area contributed by atoms with Crippen LogP contribution < -0.4 is 4.74 Å². The first kappa shape index (κ1) is 19.0. The lowest BCUT2D eigenvalue weighted by molar-refractivity contribution is -0.133. The minimum atomic E-state index is 0.0864. The number of benzene rings is 1. The van der Waals surface area contributed by atoms with Gasteiger partial charge in [-0.1, -0.05) is 18.2 Å². The smallest absolute Gasteiger partial charge is 0.227 e. The first-order valence-electron chi connectivity index (χ1n) is 9.46. The molecule has 0 unspecified atom stereocenters. The predicted molar refractivity (Wildman–Crippen MR) is 103 cm³/mol. The van der Waals surface area contributed by atoms with Crippen molar-refractivity contribution in [2.75, 3.05) is 32.8 Å². The Morgan fingerprint density at radius 2 is 1.67 bits per heavy atom. The predicted octanol–water partition coefficient (Wildman–Crippen LogP) is 2.10. The second-order valence-corrected chi connectivity index (χ2v) is 6.89. The molecule has 0 saturated carbocycles. The van der Waals surface area contributed by atoms with Crippen LogP contribution in [0.2, 0.25) is 0 Å². The summed E-state index contributed by atoms with van der Waals surface area (Å²) >= 11 is 0. The Bertz CT molecular complexity index is 757. The molecule has 0 bridgehead atoms. The van der Waals surface area contributed by atoms with Crippen LogP contribution in [-0.2, 0) is 23.1 Å². The van der Waals surface area contributed by atoms with Gasteiger partial charge in [0.15, 0.2) is 0 Å². The Morgan fingerprint density at radius 1 is 0.963 bits per heavy atom. The molecule has 1 aliphatic heterocycles. The molecular formula is C21H27N3O3. The lowest BCUT2D eigenvalue weighted by atomic mass is 10.2. The van der Waals surface area contributed by atoms with Crippen LogP contribution in [0.1, 0.15) is 18.4 Å². The van der Waals surface area contributed by atoms with Crippen molar-refractivity contribution >= 4 is 11.8 Å². The Hall–Kier alpha value is -2.76. The normalized spacial score (nSPS) is 14.7. The molecule has 6 heteroatoms. The summed E-state index contributed by atoms with van der Waals surface area (Å²) in [5, 5.41) is 0. The van der Waals surface area contributed by atoms with E-state index in [1.807, 2.05) is 70.2 Å².